The number of amides is 1. The van der Waals surface area contributed by atoms with E-state index < -0.39 is 17.8 Å². The number of halogens is 3. The van der Waals surface area contributed by atoms with Gasteiger partial charge in [-0.2, -0.15) is 13.2 Å². The van der Waals surface area contributed by atoms with Crippen LogP contribution in [0.5, 0.6) is 0 Å². The number of rotatable bonds is 7. The Morgan fingerprint density at radius 3 is 2.00 bits per heavy atom. The first-order valence-corrected chi connectivity index (χ1v) is 13.9. The van der Waals surface area contributed by atoms with Crippen molar-refractivity contribution in [1.29, 1.82) is 0 Å². The summed E-state index contributed by atoms with van der Waals surface area (Å²) in [6.45, 7) is 2.79. The van der Waals surface area contributed by atoms with Crippen molar-refractivity contribution >= 4 is 23.3 Å². The van der Waals surface area contributed by atoms with Gasteiger partial charge in [-0.25, -0.2) is 4.79 Å². The minimum atomic E-state index is -4.43. The van der Waals surface area contributed by atoms with Gasteiger partial charge in [0.1, 0.15) is 6.04 Å². The molecule has 0 spiro atoms. The number of alkyl halides is 3. The van der Waals surface area contributed by atoms with Gasteiger partial charge in [0.15, 0.2) is 0 Å². The highest BCUT2D eigenvalue weighted by molar-refractivity contribution is 6.10. The standard InChI is InChI=1S/C34H32F3N3O3/c1-38(32(41)30-11-7-6-10-29(30)24-12-14-26(15-13-24)34(35,36)37)27-16-18-28(19-17-27)39-20-22-40(23-21-39)31(33(42)43-2)25-8-4-3-5-9-25/h3-19,31H,20-23H2,1-2H3. The van der Waals surface area contributed by atoms with Crippen molar-refractivity contribution in [2.75, 3.05) is 50.1 Å². The first-order chi connectivity index (χ1) is 20.7. The van der Waals surface area contributed by atoms with E-state index in [1.807, 2.05) is 54.6 Å². The monoisotopic (exact) mass is 587 g/mol. The van der Waals surface area contributed by atoms with E-state index >= 15 is 0 Å². The Morgan fingerprint density at radius 2 is 1.40 bits per heavy atom. The molecule has 1 aliphatic heterocycles. The van der Waals surface area contributed by atoms with Gasteiger partial charge in [0.05, 0.1) is 12.7 Å². The molecule has 4 aromatic carbocycles. The van der Waals surface area contributed by atoms with Crippen molar-refractivity contribution in [3.63, 3.8) is 0 Å². The predicted molar refractivity (Wildman–Crippen MR) is 161 cm³/mol. The summed E-state index contributed by atoms with van der Waals surface area (Å²) in [4.78, 5) is 32.1. The molecule has 0 N–H and O–H groups in total. The number of ether oxygens (including phenoxy) is 1. The summed E-state index contributed by atoms with van der Waals surface area (Å²) in [6, 6.07) is 28.6. The van der Waals surface area contributed by atoms with Crippen LogP contribution in [0.3, 0.4) is 0 Å². The Morgan fingerprint density at radius 1 is 0.791 bits per heavy atom. The maximum absolute atomic E-state index is 13.5. The summed E-state index contributed by atoms with van der Waals surface area (Å²) < 4.78 is 44.2. The number of nitrogens with zero attached hydrogens (tertiary/aromatic N) is 3. The molecule has 0 aromatic heterocycles. The average Bonchev–Trinajstić information content (AvgIpc) is 3.04. The lowest BCUT2D eigenvalue weighted by atomic mass is 9.97. The second-order valence-corrected chi connectivity index (χ2v) is 10.4. The molecule has 222 valence electrons. The minimum absolute atomic E-state index is 0.272. The summed E-state index contributed by atoms with van der Waals surface area (Å²) in [5, 5.41) is 0. The molecule has 9 heteroatoms. The molecule has 0 aliphatic carbocycles. The van der Waals surface area contributed by atoms with Crippen molar-refractivity contribution in [1.82, 2.24) is 4.90 Å². The highest BCUT2D eigenvalue weighted by atomic mass is 19.4. The highest BCUT2D eigenvalue weighted by Crippen LogP contribution is 2.33. The largest absolute Gasteiger partial charge is 0.468 e. The summed E-state index contributed by atoms with van der Waals surface area (Å²) in [7, 11) is 3.08. The molecule has 1 unspecified atom stereocenters. The number of methoxy groups -OCH3 is 1. The van der Waals surface area contributed by atoms with E-state index in [4.69, 9.17) is 4.74 Å². The molecule has 0 saturated carbocycles. The predicted octanol–water partition coefficient (Wildman–Crippen LogP) is 6.69. The fraction of sp³-hybridized carbons (Fsp3) is 0.235. The number of hydrogen-bond acceptors (Lipinski definition) is 5. The summed E-state index contributed by atoms with van der Waals surface area (Å²) in [6.07, 6.45) is -4.43. The molecule has 5 rings (SSSR count). The molecule has 0 bridgehead atoms. The highest BCUT2D eigenvalue weighted by Gasteiger charge is 2.32. The molecular formula is C34H32F3N3O3. The van der Waals surface area contributed by atoms with Gasteiger partial charge in [-0.15, -0.1) is 0 Å². The van der Waals surface area contributed by atoms with E-state index in [0.29, 0.717) is 35.5 Å². The number of benzene rings is 4. The average molecular weight is 588 g/mol. The second-order valence-electron chi connectivity index (χ2n) is 10.4. The maximum atomic E-state index is 13.5. The molecule has 1 fully saturated rings. The van der Waals surface area contributed by atoms with Crippen LogP contribution >= 0.6 is 0 Å². The van der Waals surface area contributed by atoms with Crippen LogP contribution in [0.4, 0.5) is 24.5 Å². The molecule has 4 aromatic rings. The first-order valence-electron chi connectivity index (χ1n) is 13.9. The van der Waals surface area contributed by atoms with Crippen LogP contribution in [0.2, 0.25) is 0 Å². The van der Waals surface area contributed by atoms with Gasteiger partial charge in [-0.1, -0.05) is 60.7 Å². The third kappa shape index (κ3) is 6.57. The fourth-order valence-corrected chi connectivity index (χ4v) is 5.43. The zero-order valence-corrected chi connectivity index (χ0v) is 23.9. The normalized spacial score (nSPS) is 14.7. The van der Waals surface area contributed by atoms with Gasteiger partial charge >= 0.3 is 12.1 Å². The summed E-state index contributed by atoms with van der Waals surface area (Å²) in [5.41, 5.74) is 3.33. The lowest BCUT2D eigenvalue weighted by Crippen LogP contribution is -2.49. The number of carbonyl (C=O) groups excluding carboxylic acids is 2. The molecule has 1 saturated heterocycles. The number of hydrogen-bond donors (Lipinski definition) is 0. The smallest absolute Gasteiger partial charge is 0.416 e. The van der Waals surface area contributed by atoms with Crippen molar-refractivity contribution < 1.29 is 27.5 Å². The van der Waals surface area contributed by atoms with Crippen molar-refractivity contribution in [2.45, 2.75) is 12.2 Å². The van der Waals surface area contributed by atoms with Crippen molar-refractivity contribution in [3.8, 4) is 11.1 Å². The zero-order chi connectivity index (χ0) is 30.6. The molecule has 6 nitrogen and oxygen atoms in total. The number of esters is 1. The summed E-state index contributed by atoms with van der Waals surface area (Å²) >= 11 is 0. The van der Waals surface area contributed by atoms with Gasteiger partial charge in [-0.3, -0.25) is 9.69 Å². The molecule has 1 amide bonds. The van der Waals surface area contributed by atoms with Crippen LogP contribution in [0.15, 0.2) is 103 Å². The Bertz CT molecular complexity index is 1550. The van der Waals surface area contributed by atoms with Crippen molar-refractivity contribution in [3.05, 3.63) is 120 Å². The van der Waals surface area contributed by atoms with E-state index in [2.05, 4.69) is 9.80 Å². The third-order valence-electron chi connectivity index (χ3n) is 7.81. The number of piperazine rings is 1. The van der Waals surface area contributed by atoms with E-state index in [1.165, 1.54) is 24.1 Å². The molecule has 43 heavy (non-hydrogen) atoms. The third-order valence-corrected chi connectivity index (χ3v) is 7.81. The van der Waals surface area contributed by atoms with E-state index in [0.717, 1.165) is 36.5 Å². The van der Waals surface area contributed by atoms with Gasteiger partial charge in [0.25, 0.3) is 5.91 Å². The van der Waals surface area contributed by atoms with E-state index in [9.17, 15) is 22.8 Å². The fourth-order valence-electron chi connectivity index (χ4n) is 5.43. The van der Waals surface area contributed by atoms with Gasteiger partial charge in [0.2, 0.25) is 0 Å². The van der Waals surface area contributed by atoms with E-state index in [-0.39, 0.29) is 11.9 Å². The van der Waals surface area contributed by atoms with E-state index in [1.54, 1.807) is 31.3 Å². The summed E-state index contributed by atoms with van der Waals surface area (Å²) in [5.74, 6) is -0.553. The van der Waals surface area contributed by atoms with Crippen LogP contribution in [0.25, 0.3) is 11.1 Å². The zero-order valence-electron chi connectivity index (χ0n) is 23.9. The minimum Gasteiger partial charge on any atom is -0.468 e. The first kappa shape index (κ1) is 29.8. The van der Waals surface area contributed by atoms with Crippen LogP contribution in [-0.2, 0) is 15.7 Å². The molecular weight excluding hydrogens is 555 g/mol. The van der Waals surface area contributed by atoms with Crippen LogP contribution < -0.4 is 9.80 Å². The van der Waals surface area contributed by atoms with Gasteiger partial charge < -0.3 is 14.5 Å². The van der Waals surface area contributed by atoms with Gasteiger partial charge in [-0.05, 0) is 59.2 Å². The Hall–Kier alpha value is -4.63. The quantitative estimate of drug-likeness (QED) is 0.226. The molecule has 1 aliphatic rings. The SMILES string of the molecule is COC(=O)C(c1ccccc1)N1CCN(c2ccc(N(C)C(=O)c3ccccc3-c3ccc(C(F)(F)F)cc3)cc2)CC1. The van der Waals surface area contributed by atoms with Gasteiger partial charge in [0, 0.05) is 50.2 Å². The topological polar surface area (TPSA) is 53.1 Å². The van der Waals surface area contributed by atoms with Crippen LogP contribution in [0.1, 0.15) is 27.5 Å². The Kier molecular flexibility index (Phi) is 8.82. The number of carbonyl (C=O) groups is 2. The molecule has 0 radical (unpaired) electrons. The Balaban J connectivity index is 1.27. The van der Waals surface area contributed by atoms with Crippen molar-refractivity contribution in [2.24, 2.45) is 0 Å². The lowest BCUT2D eigenvalue weighted by Gasteiger charge is -2.39. The second kappa shape index (κ2) is 12.7. The lowest BCUT2D eigenvalue weighted by molar-refractivity contribution is -0.147. The Labute approximate surface area is 248 Å². The van der Waals surface area contributed by atoms with Crippen LogP contribution in [-0.4, -0.2) is 57.1 Å². The molecule has 1 atom stereocenters. The number of anilines is 2. The molecule has 1 heterocycles. The maximum Gasteiger partial charge on any atom is 0.416 e. The van der Waals surface area contributed by atoms with Crippen LogP contribution in [0, 0.1) is 0 Å².